The van der Waals surface area contributed by atoms with Gasteiger partial charge in [-0.05, 0) is 56.2 Å². The van der Waals surface area contributed by atoms with Crippen LogP contribution in [0.1, 0.15) is 28.4 Å². The Kier molecular flexibility index (Phi) is 4.03. The van der Waals surface area contributed by atoms with E-state index in [0.717, 1.165) is 5.56 Å². The molecule has 2 aromatic rings. The number of rotatable bonds is 4. The summed E-state index contributed by atoms with van der Waals surface area (Å²) in [6, 6.07) is 9.82. The van der Waals surface area contributed by atoms with E-state index in [9.17, 15) is 14.9 Å². The molecule has 0 amide bonds. The summed E-state index contributed by atoms with van der Waals surface area (Å²) in [5, 5.41) is 11.1. The average Bonchev–Trinajstić information content (AvgIpc) is 2.41. The van der Waals surface area contributed by atoms with Crippen LogP contribution in [0, 0.1) is 24.0 Å². The molecule has 0 heterocycles. The second-order valence-electron chi connectivity index (χ2n) is 4.87. The summed E-state index contributed by atoms with van der Waals surface area (Å²) in [5.74, 6) is 0.635. The Morgan fingerprint density at radius 1 is 1.14 bits per heavy atom. The number of nitro groups is 1. The van der Waals surface area contributed by atoms with Crippen molar-refractivity contribution in [3.8, 4) is 11.5 Å². The largest absolute Gasteiger partial charge is 0.450 e. The molecule has 0 fully saturated rings. The second-order valence-corrected chi connectivity index (χ2v) is 4.87. The van der Waals surface area contributed by atoms with E-state index < -0.39 is 4.92 Å². The van der Waals surface area contributed by atoms with Gasteiger partial charge in [-0.3, -0.25) is 14.9 Å². The highest BCUT2D eigenvalue weighted by atomic mass is 16.6. The number of nitro benzene ring substituents is 1. The number of benzene rings is 2. The van der Waals surface area contributed by atoms with Crippen molar-refractivity contribution >= 4 is 11.5 Å². The van der Waals surface area contributed by atoms with Crippen LogP contribution in [-0.4, -0.2) is 10.7 Å². The van der Waals surface area contributed by atoms with Crippen molar-refractivity contribution in [3.05, 3.63) is 63.2 Å². The predicted molar refractivity (Wildman–Crippen MR) is 79.1 cm³/mol. The Morgan fingerprint density at radius 2 is 1.76 bits per heavy atom. The Morgan fingerprint density at radius 3 is 2.29 bits per heavy atom. The van der Waals surface area contributed by atoms with Crippen LogP contribution < -0.4 is 4.74 Å². The first kappa shape index (κ1) is 14.7. The summed E-state index contributed by atoms with van der Waals surface area (Å²) < 4.78 is 5.64. The SMILES string of the molecule is CC(=O)c1ccc(Oc2c(C)cc(C)cc2[N+](=O)[O-])cc1. The number of hydrogen-bond acceptors (Lipinski definition) is 4. The average molecular weight is 285 g/mol. The molecule has 0 unspecified atom stereocenters. The lowest BCUT2D eigenvalue weighted by atomic mass is 10.1. The van der Waals surface area contributed by atoms with E-state index in [2.05, 4.69) is 0 Å². The van der Waals surface area contributed by atoms with Crippen molar-refractivity contribution in [2.24, 2.45) is 0 Å². The standard InChI is InChI=1S/C16H15NO4/c1-10-8-11(2)16(15(9-10)17(19)20)21-14-6-4-13(5-7-14)12(3)18/h4-9H,1-3H3. The van der Waals surface area contributed by atoms with Crippen molar-refractivity contribution in [1.29, 1.82) is 0 Å². The lowest BCUT2D eigenvalue weighted by molar-refractivity contribution is -0.385. The van der Waals surface area contributed by atoms with Gasteiger partial charge in [0.15, 0.2) is 5.78 Å². The summed E-state index contributed by atoms with van der Waals surface area (Å²) in [6.07, 6.45) is 0. The quantitative estimate of drug-likeness (QED) is 0.479. The smallest absolute Gasteiger partial charge is 0.312 e. The summed E-state index contributed by atoms with van der Waals surface area (Å²) in [6.45, 7) is 5.04. The Balaban J connectivity index is 2.39. The Bertz CT molecular complexity index is 705. The van der Waals surface area contributed by atoms with Gasteiger partial charge in [-0.1, -0.05) is 6.07 Å². The third-order valence-corrected chi connectivity index (χ3v) is 3.08. The van der Waals surface area contributed by atoms with Crippen LogP contribution in [0.5, 0.6) is 11.5 Å². The van der Waals surface area contributed by atoms with E-state index in [1.165, 1.54) is 13.0 Å². The van der Waals surface area contributed by atoms with Crippen LogP contribution >= 0.6 is 0 Å². The molecule has 0 aliphatic rings. The summed E-state index contributed by atoms with van der Waals surface area (Å²) >= 11 is 0. The molecule has 0 radical (unpaired) electrons. The van der Waals surface area contributed by atoms with Crippen molar-refractivity contribution in [1.82, 2.24) is 0 Å². The monoisotopic (exact) mass is 285 g/mol. The number of nitrogens with zero attached hydrogens (tertiary/aromatic N) is 1. The first-order chi connectivity index (χ1) is 9.88. The fraction of sp³-hybridized carbons (Fsp3) is 0.188. The fourth-order valence-electron chi connectivity index (χ4n) is 2.08. The minimum Gasteiger partial charge on any atom is -0.450 e. The van der Waals surface area contributed by atoms with E-state index in [1.807, 2.05) is 6.07 Å². The molecule has 21 heavy (non-hydrogen) atoms. The number of Topliss-reactive ketones (excluding diaryl/α,β-unsaturated/α-hetero) is 1. The summed E-state index contributed by atoms with van der Waals surface area (Å²) in [7, 11) is 0. The first-order valence-corrected chi connectivity index (χ1v) is 6.43. The number of ether oxygens (including phenoxy) is 1. The number of carbonyl (C=O) groups excluding carboxylic acids is 1. The molecule has 2 aromatic carbocycles. The van der Waals surface area contributed by atoms with Crippen molar-refractivity contribution in [2.45, 2.75) is 20.8 Å². The minimum atomic E-state index is -0.459. The molecular formula is C16H15NO4. The molecule has 108 valence electrons. The lowest BCUT2D eigenvalue weighted by Crippen LogP contribution is -1.97. The van der Waals surface area contributed by atoms with Crippen LogP contribution in [0.25, 0.3) is 0 Å². The fourth-order valence-corrected chi connectivity index (χ4v) is 2.08. The van der Waals surface area contributed by atoms with Gasteiger partial charge < -0.3 is 4.74 Å². The van der Waals surface area contributed by atoms with Gasteiger partial charge in [0.1, 0.15) is 5.75 Å². The van der Waals surface area contributed by atoms with E-state index in [4.69, 9.17) is 4.74 Å². The Hall–Kier alpha value is -2.69. The zero-order valence-electron chi connectivity index (χ0n) is 12.0. The molecule has 0 N–H and O–H groups in total. The normalized spacial score (nSPS) is 10.2. The Labute approximate surface area is 122 Å². The number of ketones is 1. The van der Waals surface area contributed by atoms with Gasteiger partial charge in [0.2, 0.25) is 5.75 Å². The molecule has 0 saturated heterocycles. The minimum absolute atomic E-state index is 0.0425. The van der Waals surface area contributed by atoms with Gasteiger partial charge in [0, 0.05) is 11.6 Å². The topological polar surface area (TPSA) is 69.4 Å². The molecule has 0 saturated carbocycles. The maximum absolute atomic E-state index is 11.2. The van der Waals surface area contributed by atoms with Crippen LogP contribution in [0.3, 0.4) is 0 Å². The molecule has 0 aliphatic heterocycles. The van der Waals surface area contributed by atoms with Gasteiger partial charge in [0.25, 0.3) is 0 Å². The van der Waals surface area contributed by atoms with Crippen molar-refractivity contribution < 1.29 is 14.5 Å². The number of aryl methyl sites for hydroxylation is 2. The molecule has 0 bridgehead atoms. The van der Waals surface area contributed by atoms with Crippen LogP contribution in [0.15, 0.2) is 36.4 Å². The highest BCUT2D eigenvalue weighted by Gasteiger charge is 2.19. The third-order valence-electron chi connectivity index (χ3n) is 3.08. The number of carbonyl (C=O) groups is 1. The highest BCUT2D eigenvalue weighted by molar-refractivity contribution is 5.94. The van der Waals surface area contributed by atoms with Gasteiger partial charge in [-0.15, -0.1) is 0 Å². The molecule has 0 aliphatic carbocycles. The molecule has 5 heteroatoms. The van der Waals surface area contributed by atoms with Crippen molar-refractivity contribution in [3.63, 3.8) is 0 Å². The molecule has 2 rings (SSSR count). The van der Waals surface area contributed by atoms with Gasteiger partial charge in [0.05, 0.1) is 4.92 Å². The third kappa shape index (κ3) is 3.25. The van der Waals surface area contributed by atoms with Gasteiger partial charge in [-0.25, -0.2) is 0 Å². The molecule has 0 spiro atoms. The van der Waals surface area contributed by atoms with Gasteiger partial charge in [-0.2, -0.15) is 0 Å². The summed E-state index contributed by atoms with van der Waals surface area (Å²) in [4.78, 5) is 21.9. The van der Waals surface area contributed by atoms with Crippen LogP contribution in [0.4, 0.5) is 5.69 Å². The van der Waals surface area contributed by atoms with Gasteiger partial charge >= 0.3 is 5.69 Å². The van der Waals surface area contributed by atoms with Crippen molar-refractivity contribution in [2.75, 3.05) is 0 Å². The molecular weight excluding hydrogens is 270 g/mol. The number of hydrogen-bond donors (Lipinski definition) is 0. The second kappa shape index (κ2) is 5.75. The summed E-state index contributed by atoms with van der Waals surface area (Å²) in [5.41, 5.74) is 2.00. The maximum atomic E-state index is 11.2. The molecule has 5 nitrogen and oxygen atoms in total. The molecule has 0 atom stereocenters. The van der Waals surface area contributed by atoms with E-state index in [1.54, 1.807) is 38.1 Å². The maximum Gasteiger partial charge on any atom is 0.312 e. The van der Waals surface area contributed by atoms with E-state index >= 15 is 0 Å². The highest BCUT2D eigenvalue weighted by Crippen LogP contribution is 2.35. The van der Waals surface area contributed by atoms with Crippen LogP contribution in [-0.2, 0) is 0 Å². The lowest BCUT2D eigenvalue weighted by Gasteiger charge is -2.10. The van der Waals surface area contributed by atoms with Crippen LogP contribution in [0.2, 0.25) is 0 Å². The molecule has 0 aromatic heterocycles. The van der Waals surface area contributed by atoms with E-state index in [-0.39, 0.29) is 17.2 Å². The zero-order chi connectivity index (χ0) is 15.6. The predicted octanol–water partition coefficient (Wildman–Crippen LogP) is 4.21. The zero-order valence-corrected chi connectivity index (χ0v) is 12.0. The van der Waals surface area contributed by atoms with E-state index in [0.29, 0.717) is 16.9 Å². The first-order valence-electron chi connectivity index (χ1n) is 6.43.